The lowest BCUT2D eigenvalue weighted by molar-refractivity contribution is -0.155. The fourth-order valence-electron chi connectivity index (χ4n) is 5.52. The highest BCUT2D eigenvalue weighted by Crippen LogP contribution is 2.25. The summed E-state index contributed by atoms with van der Waals surface area (Å²) in [6, 6.07) is 9.06. The quantitative estimate of drug-likeness (QED) is 0.178. The van der Waals surface area contributed by atoms with Gasteiger partial charge in [-0.2, -0.15) is 0 Å². The molecule has 298 valence electrons. The maximum absolute atomic E-state index is 15.4. The van der Waals surface area contributed by atoms with E-state index in [9.17, 15) is 32.4 Å². The molecule has 4 aromatic rings. The molecule has 2 amide bonds. The molecule has 0 saturated carbocycles. The fourth-order valence-corrected chi connectivity index (χ4v) is 6.58. The number of esters is 1. The van der Waals surface area contributed by atoms with Crippen molar-refractivity contribution in [2.45, 2.75) is 70.4 Å². The molecule has 15 nitrogen and oxygen atoms in total. The number of aryl methyl sites for hydroxylation is 2. The molecule has 1 aliphatic heterocycles. The third-order valence-corrected chi connectivity index (χ3v) is 10.4. The zero-order valence-electron chi connectivity index (χ0n) is 31.4. The number of amides is 2. The maximum Gasteiger partial charge on any atom is 0.336 e. The van der Waals surface area contributed by atoms with Gasteiger partial charge in [0.15, 0.2) is 0 Å². The lowest BCUT2D eigenvalue weighted by atomic mass is 9.95. The minimum atomic E-state index is -4.44. The van der Waals surface area contributed by atoms with Gasteiger partial charge in [-0.3, -0.25) is 19.1 Å². The van der Waals surface area contributed by atoms with Crippen LogP contribution < -0.4 is 26.6 Å². The van der Waals surface area contributed by atoms with Gasteiger partial charge in [-0.1, -0.05) is 26.8 Å². The third-order valence-electron chi connectivity index (χ3n) is 9.01. The van der Waals surface area contributed by atoms with Crippen LogP contribution in [0.5, 0.6) is 0 Å². The van der Waals surface area contributed by atoms with E-state index in [0.29, 0.717) is 55.1 Å². The number of halogens is 2. The fraction of sp³-hybridized carbons (Fsp3) is 0.368. The molecule has 0 radical (unpaired) electrons. The van der Waals surface area contributed by atoms with Gasteiger partial charge in [0.1, 0.15) is 29.6 Å². The van der Waals surface area contributed by atoms with E-state index in [4.69, 9.17) is 9.47 Å². The van der Waals surface area contributed by atoms with Gasteiger partial charge in [0.25, 0.3) is 21.5 Å². The van der Waals surface area contributed by atoms with Crippen LogP contribution in [0.4, 0.5) is 20.2 Å². The van der Waals surface area contributed by atoms with Crippen molar-refractivity contribution in [3.63, 3.8) is 0 Å². The number of aromatic nitrogens is 3. The van der Waals surface area contributed by atoms with Crippen LogP contribution in [0.1, 0.15) is 61.6 Å². The van der Waals surface area contributed by atoms with E-state index in [-0.39, 0.29) is 29.5 Å². The second-order valence-corrected chi connectivity index (χ2v) is 16.0. The van der Waals surface area contributed by atoms with Crippen molar-refractivity contribution in [3.05, 3.63) is 110 Å². The molecule has 5 rings (SSSR count). The van der Waals surface area contributed by atoms with Gasteiger partial charge < -0.3 is 24.7 Å². The summed E-state index contributed by atoms with van der Waals surface area (Å²) in [5.41, 5.74) is -2.07. The molecule has 18 heteroatoms. The monoisotopic (exact) mass is 796 g/mol. The summed E-state index contributed by atoms with van der Waals surface area (Å²) in [5, 5.41) is 5.07. The van der Waals surface area contributed by atoms with Gasteiger partial charge in [-0.15, -0.1) is 0 Å². The van der Waals surface area contributed by atoms with Crippen LogP contribution in [0.15, 0.2) is 75.3 Å². The number of nitrogens with one attached hydrogen (secondary N) is 3. The highest BCUT2D eigenvalue weighted by atomic mass is 32.2. The molecule has 3 N–H and O–H groups in total. The molecular weight excluding hydrogens is 755 g/mol. The smallest absolute Gasteiger partial charge is 0.336 e. The normalized spacial score (nSPS) is 14.1. The number of pyridine rings is 1. The molecule has 1 fully saturated rings. The molecule has 1 aliphatic rings. The third kappa shape index (κ3) is 9.91. The van der Waals surface area contributed by atoms with E-state index in [1.54, 1.807) is 33.8 Å². The van der Waals surface area contributed by atoms with Crippen LogP contribution in [-0.2, 0) is 42.6 Å². The number of anilines is 2. The Labute approximate surface area is 321 Å². The van der Waals surface area contributed by atoms with E-state index in [0.717, 1.165) is 4.57 Å². The Morgan fingerprint density at radius 1 is 1.00 bits per heavy atom. The minimum Gasteiger partial charge on any atom is -0.461 e. The van der Waals surface area contributed by atoms with E-state index in [1.807, 2.05) is 4.72 Å². The maximum atomic E-state index is 15.4. The minimum absolute atomic E-state index is 0.0677. The van der Waals surface area contributed by atoms with Crippen LogP contribution in [-0.4, -0.2) is 65.7 Å². The predicted molar refractivity (Wildman–Crippen MR) is 201 cm³/mol. The number of carbonyl (C=O) groups excluding carboxylic acids is 3. The Hall–Kier alpha value is -5.75. The number of rotatable bonds is 12. The van der Waals surface area contributed by atoms with Gasteiger partial charge in [-0.05, 0) is 61.7 Å². The first-order chi connectivity index (χ1) is 26.3. The molecule has 0 unspecified atom stereocenters. The van der Waals surface area contributed by atoms with Crippen LogP contribution in [0.25, 0.3) is 5.82 Å². The Kier molecular flexibility index (Phi) is 12.5. The average Bonchev–Trinajstić information content (AvgIpc) is 3.14. The Bertz CT molecular complexity index is 2350. The van der Waals surface area contributed by atoms with Crippen molar-refractivity contribution in [2.24, 2.45) is 12.5 Å². The molecule has 0 aliphatic carbocycles. The van der Waals surface area contributed by atoms with Gasteiger partial charge >= 0.3 is 11.7 Å². The molecule has 56 heavy (non-hydrogen) atoms. The molecule has 1 saturated heterocycles. The Balaban J connectivity index is 1.31. The van der Waals surface area contributed by atoms with Crippen molar-refractivity contribution < 1.29 is 41.1 Å². The number of hydrogen-bond donors (Lipinski definition) is 3. The lowest BCUT2D eigenvalue weighted by Gasteiger charge is -2.25. The number of nitrogens with zero attached hydrogens (tertiary/aromatic N) is 3. The van der Waals surface area contributed by atoms with Gasteiger partial charge in [-0.25, -0.2) is 36.3 Å². The number of sulfonamides is 1. The van der Waals surface area contributed by atoms with Crippen molar-refractivity contribution in [1.29, 1.82) is 0 Å². The summed E-state index contributed by atoms with van der Waals surface area (Å²) in [6.07, 6.45) is 1.81. The highest BCUT2D eigenvalue weighted by Gasteiger charge is 2.29. The topological polar surface area (TPSA) is 197 Å². The van der Waals surface area contributed by atoms with E-state index >= 15 is 8.78 Å². The first-order valence-electron chi connectivity index (χ1n) is 17.6. The van der Waals surface area contributed by atoms with E-state index < -0.39 is 73.6 Å². The zero-order valence-corrected chi connectivity index (χ0v) is 32.2. The molecule has 3 heterocycles. The Morgan fingerprint density at radius 2 is 1.68 bits per heavy atom. The highest BCUT2D eigenvalue weighted by molar-refractivity contribution is 7.92. The second kappa shape index (κ2) is 16.9. The van der Waals surface area contributed by atoms with Crippen LogP contribution in [0.2, 0.25) is 0 Å². The largest absolute Gasteiger partial charge is 0.461 e. The molecule has 0 bridgehead atoms. The first kappa shape index (κ1) is 41.4. The van der Waals surface area contributed by atoms with Crippen molar-refractivity contribution in [1.82, 2.24) is 19.4 Å². The molecule has 2 aromatic heterocycles. The molecule has 2 aromatic carbocycles. The standard InChI is InChI=1S/C38H42F2N6O9S/c1-22-18-33(47)46(37(51)45(22)5)32-13-7-23(21-41-32)6-12-30(35(49)55-25-14-16-54-17-15-25)43-34(48)27-19-29(40)31(20-28(27)39)44-56(52,53)26-10-8-24(9-11-26)42-36(50)38(2,3)4/h7-11,13,18-21,25,30,44H,6,12,14-17H2,1-5H3,(H,42,50)(H,43,48)/t30-/m0/s1. The van der Waals surface area contributed by atoms with Gasteiger partial charge in [0, 0.05) is 55.0 Å². The summed E-state index contributed by atoms with van der Waals surface area (Å²) >= 11 is 0. The average molecular weight is 797 g/mol. The Morgan fingerprint density at radius 3 is 2.30 bits per heavy atom. The molecule has 1 atom stereocenters. The number of hydrogen-bond acceptors (Lipinski definition) is 10. The summed E-state index contributed by atoms with van der Waals surface area (Å²) in [6.45, 7) is 7.47. The van der Waals surface area contributed by atoms with E-state index in [1.165, 1.54) is 54.2 Å². The predicted octanol–water partition coefficient (Wildman–Crippen LogP) is 3.76. The van der Waals surface area contributed by atoms with E-state index in [2.05, 4.69) is 15.6 Å². The van der Waals surface area contributed by atoms with Gasteiger partial charge in [0.05, 0.1) is 29.4 Å². The summed E-state index contributed by atoms with van der Waals surface area (Å²) in [4.78, 5) is 68.1. The van der Waals surface area contributed by atoms with Crippen LogP contribution >= 0.6 is 0 Å². The summed E-state index contributed by atoms with van der Waals surface area (Å²) in [7, 11) is -2.92. The van der Waals surface area contributed by atoms with Crippen molar-refractivity contribution in [3.8, 4) is 5.82 Å². The van der Waals surface area contributed by atoms with Crippen LogP contribution in [0.3, 0.4) is 0 Å². The first-order valence-corrected chi connectivity index (χ1v) is 19.1. The summed E-state index contributed by atoms with van der Waals surface area (Å²) < 4.78 is 71.9. The zero-order chi connectivity index (χ0) is 40.9. The van der Waals surface area contributed by atoms with Crippen molar-refractivity contribution in [2.75, 3.05) is 23.3 Å². The SMILES string of the molecule is Cc1cc(=O)n(-c2ccc(CC[C@H](NC(=O)c3cc(F)c(NS(=O)(=O)c4ccc(NC(=O)C(C)(C)C)cc4)cc3F)C(=O)OC3CCOCC3)cn2)c(=O)n1C. The van der Waals surface area contributed by atoms with Gasteiger partial charge in [0.2, 0.25) is 5.91 Å². The summed E-state index contributed by atoms with van der Waals surface area (Å²) in [5.74, 6) is -4.77. The molecular formula is C38H42F2N6O9S. The number of benzene rings is 2. The number of carbonyl (C=O) groups is 3. The second-order valence-electron chi connectivity index (χ2n) is 14.3. The van der Waals surface area contributed by atoms with Crippen LogP contribution in [0, 0.1) is 24.0 Å². The van der Waals surface area contributed by atoms with Crippen molar-refractivity contribution >= 4 is 39.2 Å². The lowest BCUT2D eigenvalue weighted by Crippen LogP contribution is -2.44. The molecule has 0 spiro atoms. The number of ether oxygens (including phenoxy) is 2.